The molecule has 0 saturated heterocycles. The molecular weight excluding hydrogens is 464 g/mol. The molecule has 0 fully saturated rings. The quantitative estimate of drug-likeness (QED) is 0.196. The Kier molecular flexibility index (Phi) is 11.1. The summed E-state index contributed by atoms with van der Waals surface area (Å²) in [7, 11) is 0. The molecule has 0 bridgehead atoms. The second-order valence-electron chi connectivity index (χ2n) is 8.57. The van der Waals surface area contributed by atoms with Gasteiger partial charge in [0.05, 0.1) is 24.3 Å². The molecule has 0 aliphatic heterocycles. The van der Waals surface area contributed by atoms with Gasteiger partial charge >= 0.3 is 17.9 Å². The molecule has 194 valence electrons. The summed E-state index contributed by atoms with van der Waals surface area (Å²) in [5, 5.41) is 0. The third-order valence-electron chi connectivity index (χ3n) is 5.73. The maximum Gasteiger partial charge on any atom is 0.345 e. The topological polar surface area (TPSA) is 105 Å². The van der Waals surface area contributed by atoms with Crippen LogP contribution in [-0.2, 0) is 19.1 Å². The maximum atomic E-state index is 12.3. The number of hydrogen-bond donors (Lipinski definition) is 0. The van der Waals surface area contributed by atoms with Gasteiger partial charge < -0.3 is 18.9 Å². The van der Waals surface area contributed by atoms with E-state index in [0.717, 1.165) is 25.7 Å². The minimum Gasteiger partial charge on any atom is -0.494 e. The van der Waals surface area contributed by atoms with E-state index in [9.17, 15) is 19.2 Å². The number of benzene rings is 2. The van der Waals surface area contributed by atoms with Crippen LogP contribution in [0.25, 0.3) is 0 Å². The maximum absolute atomic E-state index is 12.3. The Morgan fingerprint density at radius 2 is 1.14 bits per heavy atom. The largest absolute Gasteiger partial charge is 0.494 e. The van der Waals surface area contributed by atoms with Gasteiger partial charge in [-0.1, -0.05) is 6.92 Å². The molecule has 0 aromatic heterocycles. The highest BCUT2D eigenvalue weighted by Gasteiger charge is 2.32. The van der Waals surface area contributed by atoms with E-state index < -0.39 is 23.5 Å². The van der Waals surface area contributed by atoms with Crippen molar-refractivity contribution in [2.75, 3.05) is 13.2 Å². The Labute approximate surface area is 211 Å². The summed E-state index contributed by atoms with van der Waals surface area (Å²) < 4.78 is 21.3. The first-order valence-corrected chi connectivity index (χ1v) is 12.1. The fourth-order valence-electron chi connectivity index (χ4n) is 3.16. The standard InChI is InChI=1S/C28H34O8/c1-5-28(4,20(2)29)36-27(32)23-12-16-25(17-13-23)34-19-9-7-6-8-18-33-24-14-10-22(11-15-24)26(31)35-21(3)30/h10-17H,5-9,18-19H2,1-4H3. The molecule has 2 rings (SSSR count). The summed E-state index contributed by atoms with van der Waals surface area (Å²) in [6, 6.07) is 13.1. The van der Waals surface area contributed by atoms with Crippen LogP contribution in [0.4, 0.5) is 0 Å². The smallest absolute Gasteiger partial charge is 0.345 e. The molecule has 0 N–H and O–H groups in total. The van der Waals surface area contributed by atoms with E-state index in [2.05, 4.69) is 4.74 Å². The lowest BCUT2D eigenvalue weighted by Gasteiger charge is -2.25. The number of esters is 3. The Balaban J connectivity index is 1.61. The minimum absolute atomic E-state index is 0.186. The molecule has 1 unspecified atom stereocenters. The molecule has 1 atom stereocenters. The number of carbonyl (C=O) groups is 4. The molecule has 0 aliphatic carbocycles. The number of ketones is 1. The molecule has 0 spiro atoms. The van der Waals surface area contributed by atoms with Crippen molar-refractivity contribution >= 4 is 23.7 Å². The van der Waals surface area contributed by atoms with Crippen LogP contribution in [0, 0.1) is 0 Å². The van der Waals surface area contributed by atoms with E-state index in [0.29, 0.717) is 42.3 Å². The predicted molar refractivity (Wildman–Crippen MR) is 133 cm³/mol. The van der Waals surface area contributed by atoms with Crippen LogP contribution in [0.15, 0.2) is 48.5 Å². The first-order chi connectivity index (χ1) is 17.1. The van der Waals surface area contributed by atoms with Crippen molar-refractivity contribution in [1.29, 1.82) is 0 Å². The van der Waals surface area contributed by atoms with Gasteiger partial charge in [-0.3, -0.25) is 9.59 Å². The fourth-order valence-corrected chi connectivity index (χ4v) is 3.16. The van der Waals surface area contributed by atoms with Crippen molar-refractivity contribution in [1.82, 2.24) is 0 Å². The van der Waals surface area contributed by atoms with Gasteiger partial charge in [0.15, 0.2) is 11.4 Å². The normalized spacial score (nSPS) is 12.2. The van der Waals surface area contributed by atoms with Crippen LogP contribution < -0.4 is 9.47 Å². The highest BCUT2D eigenvalue weighted by Crippen LogP contribution is 2.21. The summed E-state index contributed by atoms with van der Waals surface area (Å²) in [6.07, 6.45) is 4.12. The third-order valence-corrected chi connectivity index (χ3v) is 5.73. The molecule has 0 saturated carbocycles. The van der Waals surface area contributed by atoms with Gasteiger partial charge in [-0.05, 0) is 94.5 Å². The monoisotopic (exact) mass is 498 g/mol. The van der Waals surface area contributed by atoms with E-state index in [4.69, 9.17) is 14.2 Å². The molecule has 8 nitrogen and oxygen atoms in total. The van der Waals surface area contributed by atoms with Crippen LogP contribution in [0.5, 0.6) is 11.5 Å². The second-order valence-corrected chi connectivity index (χ2v) is 8.57. The van der Waals surface area contributed by atoms with Crippen molar-refractivity contribution in [3.8, 4) is 11.5 Å². The third kappa shape index (κ3) is 9.17. The Morgan fingerprint density at radius 1 is 0.694 bits per heavy atom. The highest BCUT2D eigenvalue weighted by molar-refractivity contribution is 5.96. The summed E-state index contributed by atoms with van der Waals surface area (Å²) >= 11 is 0. The number of hydrogen-bond acceptors (Lipinski definition) is 8. The molecule has 0 aliphatic rings. The lowest BCUT2D eigenvalue weighted by molar-refractivity contribution is -0.135. The first kappa shape index (κ1) is 28.6. The zero-order chi connectivity index (χ0) is 26.6. The zero-order valence-electron chi connectivity index (χ0n) is 21.3. The molecule has 8 heteroatoms. The Bertz CT molecular complexity index is 1030. The molecular formula is C28H34O8. The number of carbonyl (C=O) groups excluding carboxylic acids is 4. The van der Waals surface area contributed by atoms with Crippen molar-refractivity contribution in [3.05, 3.63) is 59.7 Å². The van der Waals surface area contributed by atoms with Gasteiger partial charge in [0.2, 0.25) is 0 Å². The van der Waals surface area contributed by atoms with E-state index in [1.165, 1.54) is 13.8 Å². The fraction of sp³-hybridized carbons (Fsp3) is 0.429. The minimum atomic E-state index is -1.12. The van der Waals surface area contributed by atoms with Crippen LogP contribution in [0.1, 0.15) is 80.5 Å². The van der Waals surface area contributed by atoms with Crippen LogP contribution in [0.2, 0.25) is 0 Å². The molecule has 0 radical (unpaired) electrons. The molecule has 0 amide bonds. The predicted octanol–water partition coefficient (Wildman–Crippen LogP) is 5.32. The molecule has 36 heavy (non-hydrogen) atoms. The SMILES string of the molecule is CCC(C)(OC(=O)c1ccc(OCCCCCCOc2ccc(C(=O)OC(C)=O)cc2)cc1)C(C)=O. The second kappa shape index (κ2) is 14.0. The lowest BCUT2D eigenvalue weighted by atomic mass is 9.98. The van der Waals surface area contributed by atoms with Crippen LogP contribution >= 0.6 is 0 Å². The first-order valence-electron chi connectivity index (χ1n) is 12.1. The van der Waals surface area contributed by atoms with E-state index in [1.807, 2.05) is 0 Å². The van der Waals surface area contributed by atoms with Crippen molar-refractivity contribution < 1.29 is 38.1 Å². The van der Waals surface area contributed by atoms with Gasteiger partial charge in [-0.15, -0.1) is 0 Å². The average molecular weight is 499 g/mol. The molecule has 2 aromatic rings. The van der Waals surface area contributed by atoms with E-state index >= 15 is 0 Å². The number of unbranched alkanes of at least 4 members (excludes halogenated alkanes) is 3. The number of rotatable bonds is 14. The van der Waals surface area contributed by atoms with Crippen molar-refractivity contribution in [2.24, 2.45) is 0 Å². The summed E-state index contributed by atoms with van der Waals surface area (Å²) in [5.41, 5.74) is -0.456. The average Bonchev–Trinajstić information content (AvgIpc) is 2.85. The molecule has 0 heterocycles. The number of ether oxygens (including phenoxy) is 4. The summed E-state index contributed by atoms with van der Waals surface area (Å²) in [5.74, 6) is -0.740. The van der Waals surface area contributed by atoms with Gasteiger partial charge in [0.1, 0.15) is 11.5 Å². The van der Waals surface area contributed by atoms with Crippen LogP contribution in [0.3, 0.4) is 0 Å². The van der Waals surface area contributed by atoms with Crippen LogP contribution in [-0.4, -0.2) is 42.5 Å². The summed E-state index contributed by atoms with van der Waals surface area (Å²) in [6.45, 7) is 7.13. The summed E-state index contributed by atoms with van der Waals surface area (Å²) in [4.78, 5) is 46.5. The zero-order valence-corrected chi connectivity index (χ0v) is 21.3. The van der Waals surface area contributed by atoms with Gasteiger partial charge in [0, 0.05) is 6.92 Å². The Morgan fingerprint density at radius 3 is 1.53 bits per heavy atom. The van der Waals surface area contributed by atoms with E-state index in [-0.39, 0.29) is 5.78 Å². The van der Waals surface area contributed by atoms with Gasteiger partial charge in [-0.2, -0.15) is 0 Å². The van der Waals surface area contributed by atoms with Gasteiger partial charge in [-0.25, -0.2) is 9.59 Å². The molecule has 2 aromatic carbocycles. The van der Waals surface area contributed by atoms with Crippen molar-refractivity contribution in [2.45, 2.75) is 65.4 Å². The van der Waals surface area contributed by atoms with Gasteiger partial charge in [0.25, 0.3) is 0 Å². The Hall–Kier alpha value is -3.68. The number of Topliss-reactive ketones (excluding diaryl/α,β-unsaturated/α-hetero) is 1. The van der Waals surface area contributed by atoms with Crippen molar-refractivity contribution in [3.63, 3.8) is 0 Å². The lowest BCUT2D eigenvalue weighted by Crippen LogP contribution is -2.38. The highest BCUT2D eigenvalue weighted by atomic mass is 16.6. The van der Waals surface area contributed by atoms with E-state index in [1.54, 1.807) is 62.4 Å².